The average Bonchev–Trinajstić information content (AvgIpc) is 2.35. The van der Waals surface area contributed by atoms with Crippen molar-refractivity contribution in [3.05, 3.63) is 11.6 Å². The molecule has 0 aromatic heterocycles. The van der Waals surface area contributed by atoms with Crippen molar-refractivity contribution in [2.75, 3.05) is 13.7 Å². The summed E-state index contributed by atoms with van der Waals surface area (Å²) in [6.45, 7) is 6.29. The Bertz CT molecular complexity index is 292. The molecule has 4 nitrogen and oxygen atoms in total. The topological polar surface area (TPSA) is 52.6 Å². The zero-order valence-corrected chi connectivity index (χ0v) is 11.8. The van der Waals surface area contributed by atoms with E-state index in [1.807, 2.05) is 13.8 Å². The van der Waals surface area contributed by atoms with Gasteiger partial charge < -0.3 is 9.47 Å². The molecule has 0 fully saturated rings. The summed E-state index contributed by atoms with van der Waals surface area (Å²) in [6.07, 6.45) is 5.43. The van der Waals surface area contributed by atoms with Crippen molar-refractivity contribution in [2.45, 2.75) is 46.5 Å². The summed E-state index contributed by atoms with van der Waals surface area (Å²) >= 11 is 0. The van der Waals surface area contributed by atoms with Gasteiger partial charge in [-0.05, 0) is 18.8 Å². The van der Waals surface area contributed by atoms with E-state index in [0.29, 0.717) is 13.0 Å². The number of allylic oxidation sites excluding steroid dienone is 1. The average molecular weight is 256 g/mol. The van der Waals surface area contributed by atoms with Crippen LogP contribution in [0.5, 0.6) is 0 Å². The number of ether oxygens (including phenoxy) is 2. The van der Waals surface area contributed by atoms with Crippen LogP contribution in [0.25, 0.3) is 0 Å². The van der Waals surface area contributed by atoms with Gasteiger partial charge in [-0.1, -0.05) is 39.7 Å². The van der Waals surface area contributed by atoms with Gasteiger partial charge in [-0.3, -0.25) is 0 Å². The molecule has 0 spiro atoms. The normalized spacial score (nSPS) is 11.5. The predicted octanol–water partition coefficient (Wildman–Crippen LogP) is 2.87. The Morgan fingerprint density at radius 1 is 1.17 bits per heavy atom. The molecule has 0 unspecified atom stereocenters. The van der Waals surface area contributed by atoms with Gasteiger partial charge in [0.1, 0.15) is 5.57 Å². The SMILES string of the molecule is CCCCC/C=C(\C(=O)OC)C(=O)OCC(C)C. The summed E-state index contributed by atoms with van der Waals surface area (Å²) < 4.78 is 9.63. The molecule has 0 amide bonds. The molecule has 0 bridgehead atoms. The highest BCUT2D eigenvalue weighted by molar-refractivity contribution is 6.13. The van der Waals surface area contributed by atoms with Crippen molar-refractivity contribution in [1.29, 1.82) is 0 Å². The fraction of sp³-hybridized carbons (Fsp3) is 0.714. The molecule has 0 aromatic rings. The van der Waals surface area contributed by atoms with Gasteiger partial charge in [0, 0.05) is 0 Å². The number of esters is 2. The van der Waals surface area contributed by atoms with Crippen molar-refractivity contribution in [2.24, 2.45) is 5.92 Å². The Morgan fingerprint density at radius 2 is 1.83 bits per heavy atom. The van der Waals surface area contributed by atoms with Crippen LogP contribution in [-0.2, 0) is 19.1 Å². The standard InChI is InChI=1S/C14H24O4/c1-5-6-7-8-9-12(13(15)17-4)14(16)18-10-11(2)3/h9,11H,5-8,10H2,1-4H3/b12-9+. The summed E-state index contributed by atoms with van der Waals surface area (Å²) in [5.74, 6) is -0.972. The number of rotatable bonds is 8. The summed E-state index contributed by atoms with van der Waals surface area (Å²) in [5, 5.41) is 0. The van der Waals surface area contributed by atoms with Crippen molar-refractivity contribution in [3.8, 4) is 0 Å². The third-order valence-electron chi connectivity index (χ3n) is 2.33. The quantitative estimate of drug-likeness (QED) is 0.220. The molecule has 0 radical (unpaired) electrons. The molecule has 0 saturated carbocycles. The van der Waals surface area contributed by atoms with Crippen LogP contribution in [0.3, 0.4) is 0 Å². The highest BCUT2D eigenvalue weighted by Crippen LogP contribution is 2.08. The first-order chi connectivity index (χ1) is 8.52. The van der Waals surface area contributed by atoms with Gasteiger partial charge in [0.05, 0.1) is 13.7 Å². The van der Waals surface area contributed by atoms with Crippen LogP contribution in [0.2, 0.25) is 0 Å². The van der Waals surface area contributed by atoms with Gasteiger partial charge >= 0.3 is 11.9 Å². The molecule has 18 heavy (non-hydrogen) atoms. The van der Waals surface area contributed by atoms with Crippen molar-refractivity contribution in [1.82, 2.24) is 0 Å². The Labute approximate surface area is 109 Å². The van der Waals surface area contributed by atoms with E-state index in [1.165, 1.54) is 7.11 Å². The Morgan fingerprint density at radius 3 is 2.33 bits per heavy atom. The first kappa shape index (κ1) is 16.7. The number of methoxy groups -OCH3 is 1. The predicted molar refractivity (Wildman–Crippen MR) is 70.0 cm³/mol. The smallest absolute Gasteiger partial charge is 0.345 e. The third kappa shape index (κ3) is 7.09. The molecule has 104 valence electrons. The van der Waals surface area contributed by atoms with E-state index < -0.39 is 11.9 Å². The molecule has 0 aliphatic carbocycles. The molecule has 0 atom stereocenters. The highest BCUT2D eigenvalue weighted by atomic mass is 16.5. The van der Waals surface area contributed by atoms with Crippen LogP contribution >= 0.6 is 0 Å². The van der Waals surface area contributed by atoms with Crippen LogP contribution in [0.15, 0.2) is 11.6 Å². The summed E-state index contributed by atoms with van der Waals surface area (Å²) in [5.41, 5.74) is 0.00857. The lowest BCUT2D eigenvalue weighted by molar-refractivity contribution is -0.146. The minimum atomic E-state index is -0.625. The monoisotopic (exact) mass is 256 g/mol. The lowest BCUT2D eigenvalue weighted by Gasteiger charge is -2.08. The largest absolute Gasteiger partial charge is 0.465 e. The second kappa shape index (κ2) is 9.68. The molecule has 4 heteroatoms. The number of hydrogen-bond acceptors (Lipinski definition) is 4. The summed E-state index contributed by atoms with van der Waals surface area (Å²) in [7, 11) is 1.26. The third-order valence-corrected chi connectivity index (χ3v) is 2.33. The van der Waals surface area contributed by atoms with E-state index in [1.54, 1.807) is 6.08 Å². The highest BCUT2D eigenvalue weighted by Gasteiger charge is 2.20. The van der Waals surface area contributed by atoms with Crippen molar-refractivity contribution in [3.63, 3.8) is 0 Å². The maximum absolute atomic E-state index is 11.7. The molecule has 0 aromatic carbocycles. The van der Waals surface area contributed by atoms with Crippen LogP contribution in [-0.4, -0.2) is 25.7 Å². The van der Waals surface area contributed by atoms with E-state index in [4.69, 9.17) is 4.74 Å². The maximum Gasteiger partial charge on any atom is 0.345 e. The summed E-state index contributed by atoms with van der Waals surface area (Å²) in [4.78, 5) is 23.2. The lowest BCUT2D eigenvalue weighted by Crippen LogP contribution is -2.19. The molecule has 0 rings (SSSR count). The molecular weight excluding hydrogens is 232 g/mol. The van der Waals surface area contributed by atoms with Gasteiger partial charge in [-0.2, -0.15) is 0 Å². The minimum absolute atomic E-state index is 0.00857. The second-order valence-electron chi connectivity index (χ2n) is 4.60. The zero-order valence-electron chi connectivity index (χ0n) is 11.8. The number of unbranched alkanes of at least 4 members (excludes halogenated alkanes) is 3. The Hall–Kier alpha value is -1.32. The van der Waals surface area contributed by atoms with Crippen LogP contribution in [0.1, 0.15) is 46.5 Å². The van der Waals surface area contributed by atoms with E-state index in [0.717, 1.165) is 19.3 Å². The maximum atomic E-state index is 11.7. The second-order valence-corrected chi connectivity index (χ2v) is 4.60. The fourth-order valence-corrected chi connectivity index (χ4v) is 1.32. The first-order valence-corrected chi connectivity index (χ1v) is 6.48. The first-order valence-electron chi connectivity index (χ1n) is 6.48. The molecule has 0 N–H and O–H groups in total. The number of hydrogen-bond donors (Lipinski definition) is 0. The zero-order chi connectivity index (χ0) is 14.0. The van der Waals surface area contributed by atoms with Gasteiger partial charge in [0.15, 0.2) is 0 Å². The number of carbonyl (C=O) groups excluding carboxylic acids is 2. The fourth-order valence-electron chi connectivity index (χ4n) is 1.32. The van der Waals surface area contributed by atoms with E-state index in [2.05, 4.69) is 11.7 Å². The van der Waals surface area contributed by atoms with E-state index in [9.17, 15) is 9.59 Å². The minimum Gasteiger partial charge on any atom is -0.465 e. The van der Waals surface area contributed by atoms with E-state index >= 15 is 0 Å². The van der Waals surface area contributed by atoms with Gasteiger partial charge in [-0.15, -0.1) is 0 Å². The van der Waals surface area contributed by atoms with Crippen LogP contribution in [0.4, 0.5) is 0 Å². The Kier molecular flexibility index (Phi) is 8.97. The van der Waals surface area contributed by atoms with Crippen molar-refractivity contribution >= 4 is 11.9 Å². The van der Waals surface area contributed by atoms with Gasteiger partial charge in [0.25, 0.3) is 0 Å². The van der Waals surface area contributed by atoms with Crippen LogP contribution in [0, 0.1) is 5.92 Å². The van der Waals surface area contributed by atoms with E-state index in [-0.39, 0.29) is 11.5 Å². The van der Waals surface area contributed by atoms with Gasteiger partial charge in [0.2, 0.25) is 0 Å². The van der Waals surface area contributed by atoms with Crippen molar-refractivity contribution < 1.29 is 19.1 Å². The summed E-state index contributed by atoms with van der Waals surface area (Å²) in [6, 6.07) is 0. The Balaban J connectivity index is 4.47. The van der Waals surface area contributed by atoms with Gasteiger partial charge in [-0.25, -0.2) is 9.59 Å². The number of carbonyl (C=O) groups is 2. The molecule has 0 aliphatic rings. The molecule has 0 aliphatic heterocycles. The van der Waals surface area contributed by atoms with Crippen LogP contribution < -0.4 is 0 Å². The molecular formula is C14H24O4. The molecule has 0 heterocycles. The molecule has 0 saturated heterocycles. The lowest BCUT2D eigenvalue weighted by atomic mass is 10.1.